The number of fused-ring (bicyclic) bond motifs is 3. The minimum Gasteiger partial charge on any atom is -0.369 e. The zero-order valence-electron chi connectivity index (χ0n) is 14.4. The molecule has 4 N–H and O–H groups in total. The van der Waals surface area contributed by atoms with Crippen LogP contribution < -0.4 is 11.4 Å². The molecule has 3 aromatic rings. The lowest BCUT2D eigenvalue weighted by molar-refractivity contribution is -0.148. The van der Waals surface area contributed by atoms with E-state index in [0.717, 1.165) is 54.2 Å². The van der Waals surface area contributed by atoms with Gasteiger partial charge in [-0.1, -0.05) is 0 Å². The van der Waals surface area contributed by atoms with Crippen LogP contribution in [0.2, 0.25) is 0 Å². The molecule has 2 unspecified atom stereocenters. The predicted molar refractivity (Wildman–Crippen MR) is 96.4 cm³/mol. The molecule has 26 heavy (non-hydrogen) atoms. The van der Waals surface area contributed by atoms with Gasteiger partial charge in [0.15, 0.2) is 0 Å². The number of carbonyl (C=O) groups is 1. The summed E-state index contributed by atoms with van der Waals surface area (Å²) in [6.07, 6.45) is 8.36. The van der Waals surface area contributed by atoms with Crippen LogP contribution in [0.5, 0.6) is 0 Å². The average molecular weight is 351 g/mol. The average Bonchev–Trinajstić information content (AvgIpc) is 3.18. The van der Waals surface area contributed by atoms with E-state index < -0.39 is 0 Å². The first-order valence-electron chi connectivity index (χ1n) is 9.42. The highest BCUT2D eigenvalue weighted by Crippen LogP contribution is 2.63. The third-order valence-electron chi connectivity index (χ3n) is 7.30. The Bertz CT molecular complexity index is 1110. The number of amides is 1. The van der Waals surface area contributed by atoms with Gasteiger partial charge in [0.05, 0.1) is 17.2 Å². The van der Waals surface area contributed by atoms with Crippen molar-refractivity contribution in [2.45, 2.75) is 38.1 Å². The number of hydrogen-bond donors (Lipinski definition) is 3. The lowest BCUT2D eigenvalue weighted by Crippen LogP contribution is -2.56. The van der Waals surface area contributed by atoms with Crippen LogP contribution in [0.15, 0.2) is 23.3 Å². The van der Waals surface area contributed by atoms with E-state index in [0.29, 0.717) is 17.8 Å². The molecule has 134 valence electrons. The van der Waals surface area contributed by atoms with Crippen LogP contribution >= 0.6 is 0 Å². The molecule has 0 aromatic carbocycles. The third kappa shape index (κ3) is 1.66. The van der Waals surface area contributed by atoms with Crippen LogP contribution in [-0.2, 0) is 4.79 Å². The Hall–Kier alpha value is -2.57. The maximum atomic E-state index is 12.9. The maximum Gasteiger partial charge on any atom is 0.326 e. The summed E-state index contributed by atoms with van der Waals surface area (Å²) in [7, 11) is 0. The van der Waals surface area contributed by atoms with Gasteiger partial charge in [0.2, 0.25) is 5.91 Å². The molecule has 0 radical (unpaired) electrons. The summed E-state index contributed by atoms with van der Waals surface area (Å²) < 4.78 is 1.97. The minimum absolute atomic E-state index is 0.0684. The van der Waals surface area contributed by atoms with Crippen molar-refractivity contribution >= 4 is 28.0 Å². The van der Waals surface area contributed by atoms with Crippen molar-refractivity contribution in [1.82, 2.24) is 19.5 Å². The minimum atomic E-state index is -0.340. The number of nitrogens with two attached hydrogens (primary N) is 1. The van der Waals surface area contributed by atoms with Crippen LogP contribution in [0.1, 0.15) is 38.1 Å². The number of primary amides is 1. The molecule has 7 nitrogen and oxygen atoms in total. The third-order valence-corrected chi connectivity index (χ3v) is 7.30. The Balaban J connectivity index is 1.57. The molecule has 3 aromatic heterocycles. The number of imidazole rings is 1. The predicted octanol–water partition coefficient (Wildman–Crippen LogP) is 2.06. The molecule has 0 saturated heterocycles. The summed E-state index contributed by atoms with van der Waals surface area (Å²) >= 11 is 0. The molecule has 7 rings (SSSR count). The van der Waals surface area contributed by atoms with E-state index in [9.17, 15) is 9.59 Å². The molecule has 2 atom stereocenters. The first kappa shape index (κ1) is 14.6. The zero-order valence-corrected chi connectivity index (χ0v) is 14.4. The van der Waals surface area contributed by atoms with Crippen molar-refractivity contribution in [2.24, 2.45) is 28.9 Å². The van der Waals surface area contributed by atoms with Gasteiger partial charge < -0.3 is 15.7 Å². The molecule has 4 aliphatic rings. The van der Waals surface area contributed by atoms with Gasteiger partial charge in [-0.25, -0.2) is 9.78 Å². The second-order valence-electron chi connectivity index (χ2n) is 8.67. The first-order chi connectivity index (χ1) is 12.6. The molecule has 7 heteroatoms. The highest BCUT2D eigenvalue weighted by Gasteiger charge is 2.58. The van der Waals surface area contributed by atoms with Gasteiger partial charge in [0.25, 0.3) is 0 Å². The number of pyridine rings is 1. The second kappa shape index (κ2) is 4.58. The van der Waals surface area contributed by atoms with Gasteiger partial charge in [0.1, 0.15) is 5.65 Å². The molecule has 4 fully saturated rings. The van der Waals surface area contributed by atoms with Gasteiger partial charge in [-0.15, -0.1) is 0 Å². The Morgan fingerprint density at radius 3 is 2.77 bits per heavy atom. The molecule has 0 aliphatic heterocycles. The summed E-state index contributed by atoms with van der Waals surface area (Å²) in [6, 6.07) is 2.12. The van der Waals surface area contributed by atoms with Crippen molar-refractivity contribution in [1.29, 1.82) is 0 Å². The molecular weight excluding hydrogens is 330 g/mol. The number of aromatic amines is 2. The highest BCUT2D eigenvalue weighted by atomic mass is 16.2. The molecule has 4 aliphatic carbocycles. The molecule has 1 amide bonds. The van der Waals surface area contributed by atoms with E-state index in [2.05, 4.69) is 15.0 Å². The van der Waals surface area contributed by atoms with Crippen molar-refractivity contribution in [2.75, 3.05) is 0 Å². The van der Waals surface area contributed by atoms with Gasteiger partial charge in [-0.05, 0) is 55.9 Å². The molecule has 0 spiro atoms. The van der Waals surface area contributed by atoms with Crippen molar-refractivity contribution in [3.05, 3.63) is 28.9 Å². The Morgan fingerprint density at radius 1 is 1.27 bits per heavy atom. The van der Waals surface area contributed by atoms with Crippen LogP contribution in [0.3, 0.4) is 0 Å². The molecule has 4 saturated carbocycles. The lowest BCUT2D eigenvalue weighted by atomic mass is 9.47. The number of aromatic nitrogens is 4. The highest BCUT2D eigenvalue weighted by molar-refractivity contribution is 6.01. The Labute approximate surface area is 149 Å². The largest absolute Gasteiger partial charge is 0.369 e. The van der Waals surface area contributed by atoms with Crippen LogP contribution in [-0.4, -0.2) is 25.4 Å². The number of H-pyrrole nitrogens is 2. The zero-order chi connectivity index (χ0) is 17.6. The monoisotopic (exact) mass is 351 g/mol. The molecule has 3 heterocycles. The van der Waals surface area contributed by atoms with Crippen molar-refractivity contribution in [3.8, 4) is 0 Å². The first-order valence-corrected chi connectivity index (χ1v) is 9.42. The quantitative estimate of drug-likeness (QED) is 0.657. The van der Waals surface area contributed by atoms with E-state index >= 15 is 0 Å². The van der Waals surface area contributed by atoms with Gasteiger partial charge in [-0.2, -0.15) is 0 Å². The number of rotatable bonds is 2. The summed E-state index contributed by atoms with van der Waals surface area (Å²) in [5.74, 6) is 1.12. The Kier molecular flexibility index (Phi) is 2.57. The molecular formula is C19H21N5O2. The SMILES string of the molecule is NC(=O)C12CC3CC(C1)C(n1c(=O)[nH]c4cnc5[nH]ccc5c41)C(C3)C2. The summed E-state index contributed by atoms with van der Waals surface area (Å²) in [6.45, 7) is 0. The summed E-state index contributed by atoms with van der Waals surface area (Å²) in [4.78, 5) is 35.6. The van der Waals surface area contributed by atoms with Crippen molar-refractivity contribution in [3.63, 3.8) is 0 Å². The van der Waals surface area contributed by atoms with E-state index in [-0.39, 0.29) is 23.1 Å². The number of nitrogens with zero attached hydrogens (tertiary/aromatic N) is 2. The lowest BCUT2D eigenvalue weighted by Gasteiger charge is -2.58. The maximum absolute atomic E-state index is 12.9. The Morgan fingerprint density at radius 2 is 2.04 bits per heavy atom. The second-order valence-corrected chi connectivity index (χ2v) is 8.67. The van der Waals surface area contributed by atoms with Gasteiger partial charge in [0, 0.05) is 23.0 Å². The fourth-order valence-corrected chi connectivity index (χ4v) is 6.63. The number of carbonyl (C=O) groups excluding carboxylic acids is 1. The summed E-state index contributed by atoms with van der Waals surface area (Å²) in [5, 5.41) is 0.972. The smallest absolute Gasteiger partial charge is 0.326 e. The number of hydrogen-bond acceptors (Lipinski definition) is 3. The normalized spacial score (nSPS) is 35.5. The van der Waals surface area contributed by atoms with E-state index in [1.54, 1.807) is 6.20 Å². The number of nitrogens with one attached hydrogen (secondary N) is 2. The van der Waals surface area contributed by atoms with Crippen LogP contribution in [0.25, 0.3) is 22.1 Å². The summed E-state index contributed by atoms with van der Waals surface area (Å²) in [5.41, 5.74) is 7.91. The van der Waals surface area contributed by atoms with Crippen LogP contribution in [0, 0.1) is 23.2 Å². The van der Waals surface area contributed by atoms with E-state index in [1.807, 2.05) is 16.8 Å². The topological polar surface area (TPSA) is 110 Å². The van der Waals surface area contributed by atoms with E-state index in [4.69, 9.17) is 5.73 Å². The standard InChI is InChI=1S/C19H21N5O2/c20-17(25)19-5-9-3-10(6-19)14(11(4-9)7-19)24-15-12-1-2-21-16(12)22-8-13(15)23-18(24)26/h1-2,8-11,14H,3-7H2,(H2,20,25)(H,21,22)(H,23,26). The van der Waals surface area contributed by atoms with Crippen molar-refractivity contribution < 1.29 is 4.79 Å². The van der Waals surface area contributed by atoms with Gasteiger partial charge in [-0.3, -0.25) is 9.36 Å². The molecule has 4 bridgehead atoms. The van der Waals surface area contributed by atoms with E-state index in [1.165, 1.54) is 0 Å². The van der Waals surface area contributed by atoms with Crippen LogP contribution in [0.4, 0.5) is 0 Å². The van der Waals surface area contributed by atoms with Gasteiger partial charge >= 0.3 is 5.69 Å². The fourth-order valence-electron chi connectivity index (χ4n) is 6.63. The fraction of sp³-hybridized carbons (Fsp3) is 0.526.